The zero-order chi connectivity index (χ0) is 3.58. The van der Waals surface area contributed by atoms with E-state index in [-0.39, 0.29) is 58.7 Å². The van der Waals surface area contributed by atoms with Crippen molar-refractivity contribution in [2.75, 3.05) is 0 Å². The fraction of sp³-hybridized carbons (Fsp3) is 0. The summed E-state index contributed by atoms with van der Waals surface area (Å²) in [5, 5.41) is 21.5. The van der Waals surface area contributed by atoms with E-state index in [0.717, 1.165) is 0 Å². The van der Waals surface area contributed by atoms with Crippen molar-refractivity contribution in [1.82, 2.24) is 0 Å². The summed E-state index contributed by atoms with van der Waals surface area (Å²) in [6, 6.07) is 0. The first-order valence-electron chi connectivity index (χ1n) is 0.775. The van der Waals surface area contributed by atoms with Crippen LogP contribution in [0.4, 0.5) is 0 Å². The molecule has 0 unspecified atom stereocenters. The Bertz CT molecular complexity index is 15.5. The van der Waals surface area contributed by atoms with Crippen molar-refractivity contribution in [3.63, 3.8) is 0 Å². The monoisotopic (exact) mass is 233 g/mol. The van der Waals surface area contributed by atoms with Gasteiger partial charge in [-0.2, -0.15) is 0 Å². The van der Waals surface area contributed by atoms with E-state index in [1.165, 1.54) is 0 Å². The molecule has 3 N–H and O–H groups in total. The predicted molar refractivity (Wildman–Crippen MR) is 22.3 cm³/mol. The summed E-state index contributed by atoms with van der Waals surface area (Å²) < 4.78 is 0. The quantitative estimate of drug-likeness (QED) is 0.385. The smallest absolute Gasteiger partial charge is 0.402 e. The van der Waals surface area contributed by atoms with Crippen LogP contribution in [0.15, 0.2) is 0 Å². The Labute approximate surface area is 80.0 Å². The van der Waals surface area contributed by atoms with Gasteiger partial charge in [0, 0.05) is 41.3 Å². The Kier molecular flexibility index (Phi) is 26.0. The van der Waals surface area contributed by atoms with Crippen LogP contribution < -0.4 is 0 Å². The molecule has 0 bridgehead atoms. The Balaban J connectivity index is -0.0000000450. The van der Waals surface area contributed by atoms with E-state index in [4.69, 9.17) is 15.1 Å². The Morgan fingerprint density at radius 3 is 1.00 bits per heavy atom. The van der Waals surface area contributed by atoms with E-state index in [0.29, 0.717) is 0 Å². The third-order valence-electron chi connectivity index (χ3n) is 0. The van der Waals surface area contributed by atoms with Gasteiger partial charge in [0.05, 0.1) is 0 Å². The van der Waals surface area contributed by atoms with Crippen molar-refractivity contribution in [3.05, 3.63) is 0 Å². The molecule has 0 aromatic rings. The van der Waals surface area contributed by atoms with E-state index in [1.54, 1.807) is 0 Å². The zero-order valence-electron chi connectivity index (χ0n) is 2.50. The first-order valence-corrected chi connectivity index (χ1v) is 0.775. The molecule has 0 heterocycles. The van der Waals surface area contributed by atoms with Gasteiger partial charge in [-0.3, -0.25) is 0 Å². The summed E-state index contributed by atoms with van der Waals surface area (Å²) >= 11 is 0. The Morgan fingerprint density at radius 2 is 1.00 bits per heavy atom. The second kappa shape index (κ2) is 9.96. The molecule has 0 amide bonds. The molecule has 0 atom stereocenters. The van der Waals surface area contributed by atoms with Crippen LogP contribution in [0.1, 0.15) is 0 Å². The number of hydrogen-bond donors (Lipinski definition) is 3. The summed E-state index contributed by atoms with van der Waals surface area (Å²) in [5.74, 6) is 0. The molecule has 0 aliphatic heterocycles. The molecule has 0 saturated carbocycles. The fourth-order valence-electron chi connectivity index (χ4n) is 0. The minimum absolute atomic E-state index is 0. The van der Waals surface area contributed by atoms with Crippen LogP contribution in [-0.2, 0) is 0 Å². The normalized spacial score (nSPS) is 4.50. The van der Waals surface area contributed by atoms with Crippen LogP contribution in [0.3, 0.4) is 0 Å². The third-order valence-corrected chi connectivity index (χ3v) is 0. The number of rotatable bonds is 0. The van der Waals surface area contributed by atoms with Gasteiger partial charge in [0.15, 0.2) is 17.4 Å². The maximum absolute atomic E-state index is 7.17. The largest absolute Gasteiger partial charge is 0.631 e. The Morgan fingerprint density at radius 1 is 1.00 bits per heavy atom. The summed E-state index contributed by atoms with van der Waals surface area (Å²) in [6.45, 7) is 0. The van der Waals surface area contributed by atoms with Gasteiger partial charge in [0.1, 0.15) is 0 Å². The second-order valence-corrected chi connectivity index (χ2v) is 0.346. The molecular weight excluding hydrogens is 227 g/mol. The van der Waals surface area contributed by atoms with Gasteiger partial charge in [-0.25, -0.2) is 0 Å². The van der Waals surface area contributed by atoms with Gasteiger partial charge in [0.2, 0.25) is 0 Å². The molecule has 1 radical (unpaired) electrons. The molecule has 0 saturated heterocycles. The molecule has 0 aromatic heterocycles. The van der Waals surface area contributed by atoms with Gasteiger partial charge in [-0.15, -0.1) is 0 Å². The van der Waals surface area contributed by atoms with Crippen molar-refractivity contribution >= 4 is 24.7 Å². The van der Waals surface area contributed by atoms with Crippen LogP contribution in [0.2, 0.25) is 0 Å². The fourth-order valence-corrected chi connectivity index (χ4v) is 0. The van der Waals surface area contributed by atoms with Crippen LogP contribution in [0.5, 0.6) is 0 Å². The van der Waals surface area contributed by atoms with E-state index >= 15 is 0 Å². The van der Waals surface area contributed by atoms with E-state index in [1.807, 2.05) is 0 Å². The first-order chi connectivity index (χ1) is 1.73. The van der Waals surface area contributed by atoms with Gasteiger partial charge in [0.25, 0.3) is 0 Å². The topological polar surface area (TPSA) is 60.7 Å². The van der Waals surface area contributed by atoms with Crippen LogP contribution >= 0.6 is 0 Å². The molecule has 0 spiro atoms. The molecule has 6 heavy (non-hydrogen) atoms. The predicted octanol–water partition coefficient (Wildman–Crippen LogP) is -3.24. The molecule has 0 aromatic carbocycles. The van der Waals surface area contributed by atoms with Crippen molar-refractivity contribution < 1.29 is 56.4 Å². The zero-order valence-corrected chi connectivity index (χ0v) is 6.20. The minimum atomic E-state index is -2.17. The second-order valence-electron chi connectivity index (χ2n) is 0.346. The van der Waals surface area contributed by atoms with Gasteiger partial charge in [-0.1, -0.05) is 0 Å². The minimum Gasteiger partial charge on any atom is -0.402 e. The van der Waals surface area contributed by atoms with Crippen molar-refractivity contribution in [2.45, 2.75) is 0 Å². The van der Waals surface area contributed by atoms with E-state index in [9.17, 15) is 0 Å². The maximum atomic E-state index is 7.17. The molecule has 3 nitrogen and oxygen atoms in total. The molecule has 0 fully saturated rings. The molecular formula is H6AlBO3Pr. The number of hydrogen-bond acceptors (Lipinski definition) is 3. The molecule has 0 rings (SSSR count). The molecule has 0 aliphatic carbocycles. The van der Waals surface area contributed by atoms with Crippen molar-refractivity contribution in [3.8, 4) is 0 Å². The molecule has 0 aliphatic rings. The van der Waals surface area contributed by atoms with Crippen LogP contribution in [0.25, 0.3) is 0 Å². The summed E-state index contributed by atoms with van der Waals surface area (Å²) in [7, 11) is -2.17. The average Bonchev–Trinajstić information content (AvgIpc) is 0.811. The Hall–Kier alpha value is 1.84. The first kappa shape index (κ1) is 15.7. The van der Waals surface area contributed by atoms with Crippen LogP contribution in [0, 0.1) is 41.3 Å². The summed E-state index contributed by atoms with van der Waals surface area (Å²) in [5.41, 5.74) is 0. The maximum Gasteiger partial charge on any atom is 0.631 e. The average molecular weight is 233 g/mol. The van der Waals surface area contributed by atoms with Crippen molar-refractivity contribution in [2.24, 2.45) is 0 Å². The molecule has 6 heteroatoms. The van der Waals surface area contributed by atoms with Gasteiger partial charge < -0.3 is 15.1 Å². The van der Waals surface area contributed by atoms with E-state index in [2.05, 4.69) is 0 Å². The molecule has 33 valence electrons. The van der Waals surface area contributed by atoms with Gasteiger partial charge in [-0.05, 0) is 0 Å². The SMILES string of the molecule is OB(O)O.[AlH3].[Pr]. The third kappa shape index (κ3) is 40.4. The van der Waals surface area contributed by atoms with Gasteiger partial charge >= 0.3 is 7.32 Å². The van der Waals surface area contributed by atoms with Crippen molar-refractivity contribution in [1.29, 1.82) is 0 Å². The standard InChI is InChI=1S/Al.BH3O3.Pr.3H/c;2-1(3)4;;;;/h;2-4H;;;;. The van der Waals surface area contributed by atoms with Crippen LogP contribution in [-0.4, -0.2) is 39.8 Å². The summed E-state index contributed by atoms with van der Waals surface area (Å²) in [4.78, 5) is 0. The van der Waals surface area contributed by atoms with E-state index < -0.39 is 7.32 Å². The summed E-state index contributed by atoms with van der Waals surface area (Å²) in [6.07, 6.45) is 0.